The summed E-state index contributed by atoms with van der Waals surface area (Å²) in [6.45, 7) is 3.78. The summed E-state index contributed by atoms with van der Waals surface area (Å²) >= 11 is 0. The molecular formula is C14H22N2O2. The SMILES string of the molecule is COc1ccc(OCCN2CCCC(N)C2)cc1. The number of rotatable bonds is 5. The van der Waals surface area contributed by atoms with E-state index < -0.39 is 0 Å². The van der Waals surface area contributed by atoms with Crippen LogP contribution in [0.5, 0.6) is 11.5 Å². The van der Waals surface area contributed by atoms with Gasteiger partial charge in [0.25, 0.3) is 0 Å². The molecule has 1 aliphatic heterocycles. The number of ether oxygens (including phenoxy) is 2. The van der Waals surface area contributed by atoms with Gasteiger partial charge in [-0.3, -0.25) is 4.90 Å². The smallest absolute Gasteiger partial charge is 0.119 e. The number of likely N-dealkylation sites (tertiary alicyclic amines) is 1. The fraction of sp³-hybridized carbons (Fsp3) is 0.571. The second-order valence-corrected chi connectivity index (χ2v) is 4.73. The fourth-order valence-electron chi connectivity index (χ4n) is 2.26. The minimum absolute atomic E-state index is 0.333. The van der Waals surface area contributed by atoms with E-state index in [-0.39, 0.29) is 0 Å². The number of nitrogens with two attached hydrogens (primary N) is 1. The average molecular weight is 250 g/mol. The molecule has 0 spiro atoms. The Kier molecular flexibility index (Phi) is 4.84. The third-order valence-electron chi connectivity index (χ3n) is 3.28. The molecule has 1 aromatic rings. The van der Waals surface area contributed by atoms with E-state index in [1.54, 1.807) is 7.11 Å². The molecule has 4 nitrogen and oxygen atoms in total. The quantitative estimate of drug-likeness (QED) is 0.860. The Hall–Kier alpha value is -1.26. The molecule has 2 N–H and O–H groups in total. The number of benzene rings is 1. The van der Waals surface area contributed by atoms with Crippen molar-refractivity contribution in [3.8, 4) is 11.5 Å². The first kappa shape index (κ1) is 13.2. The monoisotopic (exact) mass is 250 g/mol. The molecule has 0 amide bonds. The standard InChI is InChI=1S/C14H22N2O2/c1-17-13-4-6-14(7-5-13)18-10-9-16-8-2-3-12(15)11-16/h4-7,12H,2-3,8-11,15H2,1H3. The van der Waals surface area contributed by atoms with E-state index in [1.807, 2.05) is 24.3 Å². The van der Waals surface area contributed by atoms with E-state index in [1.165, 1.54) is 6.42 Å². The lowest BCUT2D eigenvalue weighted by Gasteiger charge is -2.30. The first-order valence-corrected chi connectivity index (χ1v) is 6.53. The Labute approximate surface area is 109 Å². The van der Waals surface area contributed by atoms with Crippen molar-refractivity contribution in [1.82, 2.24) is 4.90 Å². The lowest BCUT2D eigenvalue weighted by atomic mass is 10.1. The van der Waals surface area contributed by atoms with Crippen molar-refractivity contribution >= 4 is 0 Å². The number of nitrogens with zero attached hydrogens (tertiary/aromatic N) is 1. The molecule has 1 aromatic carbocycles. The third-order valence-corrected chi connectivity index (χ3v) is 3.28. The lowest BCUT2D eigenvalue weighted by molar-refractivity contribution is 0.171. The van der Waals surface area contributed by atoms with Crippen LogP contribution in [0.1, 0.15) is 12.8 Å². The fourth-order valence-corrected chi connectivity index (χ4v) is 2.26. The van der Waals surface area contributed by atoms with Crippen molar-refractivity contribution in [2.75, 3.05) is 33.4 Å². The highest BCUT2D eigenvalue weighted by Gasteiger charge is 2.15. The predicted molar refractivity (Wildman–Crippen MR) is 72.1 cm³/mol. The van der Waals surface area contributed by atoms with Gasteiger partial charge in [-0.25, -0.2) is 0 Å². The van der Waals surface area contributed by atoms with Gasteiger partial charge in [-0.15, -0.1) is 0 Å². The van der Waals surface area contributed by atoms with Crippen LogP contribution in [0.25, 0.3) is 0 Å². The van der Waals surface area contributed by atoms with Gasteiger partial charge in [-0.2, -0.15) is 0 Å². The van der Waals surface area contributed by atoms with Crippen molar-refractivity contribution in [2.24, 2.45) is 5.73 Å². The lowest BCUT2D eigenvalue weighted by Crippen LogP contribution is -2.44. The van der Waals surface area contributed by atoms with Crippen molar-refractivity contribution in [2.45, 2.75) is 18.9 Å². The molecule has 2 rings (SSSR count). The second-order valence-electron chi connectivity index (χ2n) is 4.73. The molecule has 100 valence electrons. The average Bonchev–Trinajstić information content (AvgIpc) is 2.40. The maximum Gasteiger partial charge on any atom is 0.119 e. The molecule has 1 heterocycles. The molecule has 18 heavy (non-hydrogen) atoms. The maximum absolute atomic E-state index is 5.94. The van der Waals surface area contributed by atoms with Gasteiger partial charge in [0.05, 0.1) is 7.11 Å². The van der Waals surface area contributed by atoms with Gasteiger partial charge < -0.3 is 15.2 Å². The molecule has 1 fully saturated rings. The summed E-state index contributed by atoms with van der Waals surface area (Å²) in [5, 5.41) is 0. The summed E-state index contributed by atoms with van der Waals surface area (Å²) in [5.74, 6) is 1.74. The van der Waals surface area contributed by atoms with Crippen LogP contribution >= 0.6 is 0 Å². The minimum atomic E-state index is 0.333. The van der Waals surface area contributed by atoms with Gasteiger partial charge in [-0.1, -0.05) is 0 Å². The van der Waals surface area contributed by atoms with Crippen molar-refractivity contribution in [3.63, 3.8) is 0 Å². The summed E-state index contributed by atoms with van der Waals surface area (Å²) in [5.41, 5.74) is 5.94. The van der Waals surface area contributed by atoms with Gasteiger partial charge in [0.1, 0.15) is 18.1 Å². The van der Waals surface area contributed by atoms with E-state index in [9.17, 15) is 0 Å². The summed E-state index contributed by atoms with van der Waals surface area (Å²) < 4.78 is 10.8. The van der Waals surface area contributed by atoms with Crippen LogP contribution in [-0.2, 0) is 0 Å². The third kappa shape index (κ3) is 3.89. The van der Waals surface area contributed by atoms with Gasteiger partial charge in [0.15, 0.2) is 0 Å². The molecule has 1 unspecified atom stereocenters. The zero-order valence-corrected chi connectivity index (χ0v) is 11.0. The van der Waals surface area contributed by atoms with Crippen LogP contribution < -0.4 is 15.2 Å². The highest BCUT2D eigenvalue weighted by atomic mass is 16.5. The van der Waals surface area contributed by atoms with E-state index in [4.69, 9.17) is 15.2 Å². The largest absolute Gasteiger partial charge is 0.497 e. The Balaban J connectivity index is 1.70. The summed E-state index contributed by atoms with van der Waals surface area (Å²) in [6, 6.07) is 8.01. The zero-order chi connectivity index (χ0) is 12.8. The van der Waals surface area contributed by atoms with E-state index in [2.05, 4.69) is 4.90 Å². The van der Waals surface area contributed by atoms with Crippen molar-refractivity contribution < 1.29 is 9.47 Å². The van der Waals surface area contributed by atoms with Gasteiger partial charge >= 0.3 is 0 Å². The van der Waals surface area contributed by atoms with E-state index in [0.717, 1.165) is 37.6 Å². The number of methoxy groups -OCH3 is 1. The van der Waals surface area contributed by atoms with Crippen LogP contribution in [0.4, 0.5) is 0 Å². The molecule has 1 aliphatic rings. The number of hydrogen-bond donors (Lipinski definition) is 1. The zero-order valence-electron chi connectivity index (χ0n) is 11.0. The summed E-state index contributed by atoms with van der Waals surface area (Å²) in [4.78, 5) is 2.37. The van der Waals surface area contributed by atoms with Crippen LogP contribution in [0.2, 0.25) is 0 Å². The van der Waals surface area contributed by atoms with Gasteiger partial charge in [0, 0.05) is 19.1 Å². The molecule has 4 heteroatoms. The predicted octanol–water partition coefficient (Wildman–Crippen LogP) is 1.50. The first-order chi connectivity index (χ1) is 8.78. The molecule has 0 aliphatic carbocycles. The molecule has 1 atom stereocenters. The van der Waals surface area contributed by atoms with Gasteiger partial charge in [0.2, 0.25) is 0 Å². The molecule has 0 bridgehead atoms. The normalized spacial score (nSPS) is 20.7. The summed E-state index contributed by atoms with van der Waals surface area (Å²) in [6.07, 6.45) is 2.35. The summed E-state index contributed by atoms with van der Waals surface area (Å²) in [7, 11) is 1.66. The Morgan fingerprint density at radius 3 is 2.67 bits per heavy atom. The minimum Gasteiger partial charge on any atom is -0.497 e. The van der Waals surface area contributed by atoms with Crippen LogP contribution in [0, 0.1) is 0 Å². The van der Waals surface area contributed by atoms with Crippen LogP contribution in [0.15, 0.2) is 24.3 Å². The highest BCUT2D eigenvalue weighted by Crippen LogP contribution is 2.17. The van der Waals surface area contributed by atoms with Crippen molar-refractivity contribution in [3.05, 3.63) is 24.3 Å². The highest BCUT2D eigenvalue weighted by molar-refractivity contribution is 5.31. The van der Waals surface area contributed by atoms with Gasteiger partial charge in [-0.05, 0) is 43.7 Å². The molecule has 0 saturated carbocycles. The van der Waals surface area contributed by atoms with E-state index in [0.29, 0.717) is 12.6 Å². The first-order valence-electron chi connectivity index (χ1n) is 6.53. The molecular weight excluding hydrogens is 228 g/mol. The Morgan fingerprint density at radius 2 is 2.00 bits per heavy atom. The van der Waals surface area contributed by atoms with E-state index >= 15 is 0 Å². The van der Waals surface area contributed by atoms with Crippen LogP contribution in [0.3, 0.4) is 0 Å². The number of piperidine rings is 1. The molecule has 1 saturated heterocycles. The number of hydrogen-bond acceptors (Lipinski definition) is 4. The molecule has 0 radical (unpaired) electrons. The Morgan fingerprint density at radius 1 is 1.28 bits per heavy atom. The topological polar surface area (TPSA) is 47.7 Å². The molecule has 0 aromatic heterocycles. The van der Waals surface area contributed by atoms with Crippen LogP contribution in [-0.4, -0.2) is 44.3 Å². The second kappa shape index (κ2) is 6.61. The maximum atomic E-state index is 5.94. The van der Waals surface area contributed by atoms with Crippen molar-refractivity contribution in [1.29, 1.82) is 0 Å². The Bertz CT molecular complexity index is 353.